The van der Waals surface area contributed by atoms with Crippen molar-refractivity contribution in [3.63, 3.8) is 0 Å². The van der Waals surface area contributed by atoms with E-state index in [4.69, 9.17) is 0 Å². The second kappa shape index (κ2) is 6.86. The number of rotatable bonds is 7. The molecule has 0 heterocycles. The molecular weight excluding hydrogens is 224 g/mol. The minimum absolute atomic E-state index is 0.331. The van der Waals surface area contributed by atoms with Gasteiger partial charge in [-0.1, -0.05) is 55.5 Å². The van der Waals surface area contributed by atoms with Gasteiger partial charge in [0.2, 0.25) is 0 Å². The largest absolute Gasteiger partial charge is 0.0856 e. The van der Waals surface area contributed by atoms with Crippen LogP contribution in [0.5, 0.6) is 0 Å². The Morgan fingerprint density at radius 1 is 1.00 bits per heavy atom. The number of hydrogen-bond donors (Lipinski definition) is 0. The van der Waals surface area contributed by atoms with Crippen molar-refractivity contribution >= 4 is 15.9 Å². The van der Waals surface area contributed by atoms with Gasteiger partial charge in [0.15, 0.2) is 0 Å². The summed E-state index contributed by atoms with van der Waals surface area (Å²) in [5.41, 5.74) is 0. The molecule has 0 aromatic rings. The van der Waals surface area contributed by atoms with Gasteiger partial charge in [0, 0.05) is 4.32 Å². The lowest BCUT2D eigenvalue weighted by Gasteiger charge is -2.29. The van der Waals surface area contributed by atoms with Crippen molar-refractivity contribution < 1.29 is 0 Å². The van der Waals surface area contributed by atoms with Crippen molar-refractivity contribution in [1.82, 2.24) is 0 Å². The molecule has 0 aromatic carbocycles. The van der Waals surface area contributed by atoms with E-state index in [2.05, 4.69) is 43.6 Å². The van der Waals surface area contributed by atoms with Crippen LogP contribution in [0.4, 0.5) is 0 Å². The van der Waals surface area contributed by atoms with Crippen LogP contribution in [0.1, 0.15) is 66.2 Å². The molecule has 0 atom stereocenters. The maximum absolute atomic E-state index is 3.81. The zero-order chi connectivity index (χ0) is 10.3. The minimum Gasteiger partial charge on any atom is -0.0856 e. The van der Waals surface area contributed by atoms with Crippen LogP contribution in [0, 0.1) is 5.92 Å². The molecule has 1 heteroatoms. The van der Waals surface area contributed by atoms with Crippen molar-refractivity contribution in [2.24, 2.45) is 5.92 Å². The van der Waals surface area contributed by atoms with Gasteiger partial charge in [0.05, 0.1) is 0 Å². The molecule has 0 saturated heterocycles. The molecule has 0 fully saturated rings. The van der Waals surface area contributed by atoms with E-state index in [1.165, 1.54) is 38.5 Å². The maximum atomic E-state index is 3.81. The smallest absolute Gasteiger partial charge is 0.0229 e. The van der Waals surface area contributed by atoms with Crippen molar-refractivity contribution in [3.8, 4) is 0 Å². The first kappa shape index (κ1) is 13.5. The molecule has 0 radical (unpaired) electrons. The summed E-state index contributed by atoms with van der Waals surface area (Å²) in [6.07, 6.45) is 8.17. The third kappa shape index (κ3) is 6.54. The summed E-state index contributed by atoms with van der Waals surface area (Å²) in [5.74, 6) is 0.854. The van der Waals surface area contributed by atoms with E-state index in [-0.39, 0.29) is 0 Å². The molecule has 0 aliphatic carbocycles. The fraction of sp³-hybridized carbons (Fsp3) is 1.00. The van der Waals surface area contributed by atoms with E-state index >= 15 is 0 Å². The highest BCUT2D eigenvalue weighted by Crippen LogP contribution is 2.34. The molecule has 13 heavy (non-hydrogen) atoms. The Balaban J connectivity index is 3.88. The van der Waals surface area contributed by atoms with Gasteiger partial charge >= 0.3 is 0 Å². The highest BCUT2D eigenvalue weighted by atomic mass is 79.9. The quantitative estimate of drug-likeness (QED) is 0.547. The Morgan fingerprint density at radius 2 is 1.38 bits per heavy atom. The second-order valence-electron chi connectivity index (χ2n) is 4.55. The molecule has 80 valence electrons. The van der Waals surface area contributed by atoms with Crippen LogP contribution >= 0.6 is 15.9 Å². The Bertz CT molecular complexity index is 105. The van der Waals surface area contributed by atoms with Gasteiger partial charge in [-0.2, -0.15) is 0 Å². The first-order chi connectivity index (χ1) is 6.02. The van der Waals surface area contributed by atoms with Crippen molar-refractivity contribution in [2.75, 3.05) is 0 Å². The summed E-state index contributed by atoms with van der Waals surface area (Å²) in [4.78, 5) is 0. The lowest BCUT2D eigenvalue weighted by Crippen LogP contribution is -2.24. The molecule has 0 nitrogen and oxygen atoms in total. The first-order valence-electron chi connectivity index (χ1n) is 5.71. The van der Waals surface area contributed by atoms with Gasteiger partial charge in [-0.05, 0) is 32.6 Å². The molecule has 0 N–H and O–H groups in total. The number of hydrogen-bond acceptors (Lipinski definition) is 0. The van der Waals surface area contributed by atoms with Crippen LogP contribution in [0.3, 0.4) is 0 Å². The molecule has 0 spiro atoms. The molecule has 0 rings (SSSR count). The first-order valence-corrected chi connectivity index (χ1v) is 6.50. The standard InChI is InChI=1S/C12H25Br/c1-5-7-9-11(10-8-6-2)12(3,4)13/h11H,5-10H2,1-4H3. The van der Waals surface area contributed by atoms with Crippen LogP contribution in [-0.2, 0) is 0 Å². The third-order valence-electron chi connectivity index (χ3n) is 2.78. The summed E-state index contributed by atoms with van der Waals surface area (Å²) in [5, 5.41) is 0. The SMILES string of the molecule is CCCCC(CCCC)C(C)(C)Br. The lowest BCUT2D eigenvalue weighted by atomic mass is 9.86. The predicted molar refractivity (Wildman–Crippen MR) is 65.5 cm³/mol. The van der Waals surface area contributed by atoms with Gasteiger partial charge in [-0.15, -0.1) is 0 Å². The molecule has 0 aromatic heterocycles. The van der Waals surface area contributed by atoms with Crippen LogP contribution in [-0.4, -0.2) is 4.32 Å². The highest BCUT2D eigenvalue weighted by molar-refractivity contribution is 9.10. The molecule has 0 saturated carbocycles. The Morgan fingerprint density at radius 3 is 1.62 bits per heavy atom. The van der Waals surface area contributed by atoms with E-state index in [0.29, 0.717) is 4.32 Å². The maximum Gasteiger partial charge on any atom is 0.0229 e. The van der Waals surface area contributed by atoms with E-state index in [1.54, 1.807) is 0 Å². The van der Waals surface area contributed by atoms with Crippen molar-refractivity contribution in [1.29, 1.82) is 0 Å². The van der Waals surface area contributed by atoms with E-state index in [1.807, 2.05) is 0 Å². The molecule has 0 bridgehead atoms. The van der Waals surface area contributed by atoms with Crippen molar-refractivity contribution in [3.05, 3.63) is 0 Å². The fourth-order valence-electron chi connectivity index (χ4n) is 1.73. The molecule has 0 aliphatic heterocycles. The zero-order valence-electron chi connectivity index (χ0n) is 9.70. The highest BCUT2D eigenvalue weighted by Gasteiger charge is 2.24. The lowest BCUT2D eigenvalue weighted by molar-refractivity contribution is 0.355. The van der Waals surface area contributed by atoms with Gasteiger partial charge in [-0.25, -0.2) is 0 Å². The average molecular weight is 249 g/mol. The van der Waals surface area contributed by atoms with Crippen LogP contribution in [0.25, 0.3) is 0 Å². The van der Waals surface area contributed by atoms with Crippen molar-refractivity contribution in [2.45, 2.75) is 70.5 Å². The van der Waals surface area contributed by atoms with Crippen LogP contribution in [0.15, 0.2) is 0 Å². The van der Waals surface area contributed by atoms with Crippen LogP contribution < -0.4 is 0 Å². The van der Waals surface area contributed by atoms with Crippen LogP contribution in [0.2, 0.25) is 0 Å². The summed E-state index contributed by atoms with van der Waals surface area (Å²) in [7, 11) is 0. The summed E-state index contributed by atoms with van der Waals surface area (Å²) in [6.45, 7) is 9.17. The van der Waals surface area contributed by atoms with Gasteiger partial charge in [-0.3, -0.25) is 0 Å². The minimum atomic E-state index is 0.331. The summed E-state index contributed by atoms with van der Waals surface area (Å²) < 4.78 is 0.331. The van der Waals surface area contributed by atoms with E-state index in [9.17, 15) is 0 Å². The van der Waals surface area contributed by atoms with E-state index in [0.717, 1.165) is 5.92 Å². The molecule has 0 amide bonds. The molecular formula is C12H25Br. The third-order valence-corrected chi connectivity index (χ3v) is 3.43. The van der Waals surface area contributed by atoms with E-state index < -0.39 is 0 Å². The Labute approximate surface area is 92.6 Å². The zero-order valence-corrected chi connectivity index (χ0v) is 11.3. The Hall–Kier alpha value is 0.480. The summed E-state index contributed by atoms with van der Waals surface area (Å²) >= 11 is 3.81. The normalized spacial score (nSPS) is 12.5. The fourth-order valence-corrected chi connectivity index (χ4v) is 2.19. The molecule has 0 unspecified atom stereocenters. The second-order valence-corrected chi connectivity index (χ2v) is 6.59. The predicted octanol–water partition coefficient (Wildman–Crippen LogP) is 5.16. The molecule has 0 aliphatic rings. The van der Waals surface area contributed by atoms with Gasteiger partial charge < -0.3 is 0 Å². The number of unbranched alkanes of at least 4 members (excludes halogenated alkanes) is 2. The Kier molecular flexibility index (Phi) is 7.12. The monoisotopic (exact) mass is 248 g/mol. The summed E-state index contributed by atoms with van der Waals surface area (Å²) in [6, 6.07) is 0. The number of halogens is 1. The average Bonchev–Trinajstić information content (AvgIpc) is 2.02. The topological polar surface area (TPSA) is 0 Å². The van der Waals surface area contributed by atoms with Gasteiger partial charge in [0.1, 0.15) is 0 Å². The van der Waals surface area contributed by atoms with Gasteiger partial charge in [0.25, 0.3) is 0 Å². The number of alkyl halides is 1.